The molecule has 0 amide bonds. The van der Waals surface area contributed by atoms with E-state index in [9.17, 15) is 0 Å². The van der Waals surface area contributed by atoms with E-state index >= 15 is 0 Å². The van der Waals surface area contributed by atoms with Gasteiger partial charge >= 0.3 is 0 Å². The summed E-state index contributed by atoms with van der Waals surface area (Å²) in [6, 6.07) is 0. The highest BCUT2D eigenvalue weighted by molar-refractivity contribution is 5.22. The molecule has 0 fully saturated rings. The summed E-state index contributed by atoms with van der Waals surface area (Å²) < 4.78 is 0. The molecule has 74 valence electrons. The number of hydrogen-bond acceptors (Lipinski definition) is 1. The molecule has 1 N–H and O–H groups in total. The minimum Gasteiger partial charge on any atom is -0.385 e. The van der Waals surface area contributed by atoms with Gasteiger partial charge in [-0.05, 0) is 18.4 Å². The first kappa shape index (κ1) is 12.0. The molecular formula is C12H21N. The van der Waals surface area contributed by atoms with E-state index in [2.05, 4.69) is 39.2 Å². The van der Waals surface area contributed by atoms with Crippen molar-refractivity contribution in [3.05, 3.63) is 36.6 Å². The fourth-order valence-corrected chi connectivity index (χ4v) is 0.730. The second-order valence-electron chi connectivity index (χ2n) is 3.65. The summed E-state index contributed by atoms with van der Waals surface area (Å²) >= 11 is 0. The summed E-state index contributed by atoms with van der Waals surface area (Å²) in [7, 11) is 0. The van der Waals surface area contributed by atoms with Gasteiger partial charge in [0.25, 0.3) is 0 Å². The van der Waals surface area contributed by atoms with E-state index < -0.39 is 0 Å². The highest BCUT2D eigenvalue weighted by Crippen LogP contribution is 2.00. The first-order chi connectivity index (χ1) is 6.06. The van der Waals surface area contributed by atoms with Gasteiger partial charge in [-0.25, -0.2) is 0 Å². The Bertz CT molecular complexity index is 199. The van der Waals surface area contributed by atoms with Crippen molar-refractivity contribution in [2.45, 2.75) is 27.2 Å². The molecule has 0 atom stereocenters. The average Bonchev–Trinajstić information content (AvgIpc) is 2.10. The molecule has 0 aromatic carbocycles. The van der Waals surface area contributed by atoms with Gasteiger partial charge in [0.2, 0.25) is 0 Å². The summed E-state index contributed by atoms with van der Waals surface area (Å²) in [6.45, 7) is 15.2. The van der Waals surface area contributed by atoms with Crippen LogP contribution in [0.4, 0.5) is 0 Å². The SMILES string of the molecule is C=C(/C=C\C(=C)NCC(C)C)CC. The lowest BCUT2D eigenvalue weighted by molar-refractivity contribution is 0.602. The molecule has 0 heterocycles. The Morgan fingerprint density at radius 1 is 1.31 bits per heavy atom. The first-order valence-electron chi connectivity index (χ1n) is 4.84. The largest absolute Gasteiger partial charge is 0.385 e. The topological polar surface area (TPSA) is 12.0 Å². The summed E-state index contributed by atoms with van der Waals surface area (Å²) in [5.41, 5.74) is 2.09. The molecule has 0 aliphatic rings. The molecule has 0 aliphatic carbocycles. The van der Waals surface area contributed by atoms with E-state index in [1.807, 2.05) is 12.2 Å². The lowest BCUT2D eigenvalue weighted by Crippen LogP contribution is -2.17. The molecule has 0 bridgehead atoms. The van der Waals surface area contributed by atoms with Gasteiger partial charge in [-0.2, -0.15) is 0 Å². The van der Waals surface area contributed by atoms with Gasteiger partial charge in [-0.1, -0.05) is 45.6 Å². The van der Waals surface area contributed by atoms with E-state index in [1.165, 1.54) is 0 Å². The fraction of sp³-hybridized carbons (Fsp3) is 0.500. The van der Waals surface area contributed by atoms with Crippen molar-refractivity contribution in [2.24, 2.45) is 5.92 Å². The van der Waals surface area contributed by atoms with Crippen LogP contribution in [0.2, 0.25) is 0 Å². The van der Waals surface area contributed by atoms with Crippen molar-refractivity contribution >= 4 is 0 Å². The summed E-state index contributed by atoms with van der Waals surface area (Å²) in [5, 5.41) is 3.24. The Morgan fingerprint density at radius 2 is 1.92 bits per heavy atom. The van der Waals surface area contributed by atoms with Crippen LogP contribution in [0, 0.1) is 5.92 Å². The van der Waals surface area contributed by atoms with Crippen LogP contribution < -0.4 is 5.32 Å². The van der Waals surface area contributed by atoms with Crippen molar-refractivity contribution in [3.8, 4) is 0 Å². The van der Waals surface area contributed by atoms with Crippen LogP contribution in [0.3, 0.4) is 0 Å². The predicted octanol–water partition coefficient (Wildman–Crippen LogP) is 3.27. The number of rotatable bonds is 6. The molecule has 0 aliphatic heterocycles. The van der Waals surface area contributed by atoms with E-state index in [-0.39, 0.29) is 0 Å². The molecule has 0 aromatic heterocycles. The Hall–Kier alpha value is -0.980. The van der Waals surface area contributed by atoms with Gasteiger partial charge in [0.05, 0.1) is 0 Å². The molecule has 0 aromatic rings. The third kappa shape index (κ3) is 7.38. The predicted molar refractivity (Wildman–Crippen MR) is 60.6 cm³/mol. The maximum Gasteiger partial charge on any atom is 0.0267 e. The van der Waals surface area contributed by atoms with Crippen molar-refractivity contribution in [2.75, 3.05) is 6.54 Å². The minimum absolute atomic E-state index is 0.652. The quantitative estimate of drug-likeness (QED) is 0.617. The molecule has 13 heavy (non-hydrogen) atoms. The van der Waals surface area contributed by atoms with Gasteiger partial charge in [0.15, 0.2) is 0 Å². The lowest BCUT2D eigenvalue weighted by Gasteiger charge is -2.07. The summed E-state index contributed by atoms with van der Waals surface area (Å²) in [5.74, 6) is 0.652. The first-order valence-corrected chi connectivity index (χ1v) is 4.84. The normalized spacial score (nSPS) is 10.8. The Morgan fingerprint density at radius 3 is 2.38 bits per heavy atom. The van der Waals surface area contributed by atoms with Gasteiger partial charge in [-0.3, -0.25) is 0 Å². The number of hydrogen-bond donors (Lipinski definition) is 1. The highest BCUT2D eigenvalue weighted by atomic mass is 14.9. The summed E-state index contributed by atoms with van der Waals surface area (Å²) in [6.07, 6.45) is 4.98. The number of nitrogens with one attached hydrogen (secondary N) is 1. The smallest absolute Gasteiger partial charge is 0.0267 e. The zero-order valence-electron chi connectivity index (χ0n) is 9.06. The van der Waals surface area contributed by atoms with Crippen LogP contribution in [-0.4, -0.2) is 6.54 Å². The van der Waals surface area contributed by atoms with Crippen LogP contribution in [0.5, 0.6) is 0 Å². The third-order valence-corrected chi connectivity index (χ3v) is 1.71. The monoisotopic (exact) mass is 179 g/mol. The summed E-state index contributed by atoms with van der Waals surface area (Å²) in [4.78, 5) is 0. The molecule has 1 nitrogen and oxygen atoms in total. The maximum atomic E-state index is 3.89. The molecule has 0 saturated heterocycles. The van der Waals surface area contributed by atoms with Crippen LogP contribution in [-0.2, 0) is 0 Å². The zero-order valence-corrected chi connectivity index (χ0v) is 9.06. The van der Waals surface area contributed by atoms with Crippen molar-refractivity contribution in [3.63, 3.8) is 0 Å². The maximum absolute atomic E-state index is 3.89. The molecular weight excluding hydrogens is 158 g/mol. The molecule has 0 radical (unpaired) electrons. The Kier molecular flexibility index (Phi) is 6.03. The van der Waals surface area contributed by atoms with Gasteiger partial charge in [0, 0.05) is 12.2 Å². The van der Waals surface area contributed by atoms with Gasteiger partial charge in [0.1, 0.15) is 0 Å². The van der Waals surface area contributed by atoms with E-state index in [0.29, 0.717) is 5.92 Å². The van der Waals surface area contributed by atoms with Crippen molar-refractivity contribution in [1.29, 1.82) is 0 Å². The standard InChI is InChI=1S/C12H21N/c1-6-11(4)7-8-12(5)13-9-10(2)3/h7-8,10,13H,4-6,9H2,1-3H3/b8-7-. The lowest BCUT2D eigenvalue weighted by atomic mass is 10.2. The van der Waals surface area contributed by atoms with E-state index in [0.717, 1.165) is 24.2 Å². The van der Waals surface area contributed by atoms with Gasteiger partial charge < -0.3 is 5.32 Å². The average molecular weight is 179 g/mol. The molecule has 0 saturated carbocycles. The number of allylic oxidation sites excluding steroid dienone is 3. The second-order valence-corrected chi connectivity index (χ2v) is 3.65. The second kappa shape index (κ2) is 6.53. The van der Waals surface area contributed by atoms with Crippen LogP contribution in [0.25, 0.3) is 0 Å². The van der Waals surface area contributed by atoms with Crippen molar-refractivity contribution < 1.29 is 0 Å². The molecule has 1 heteroatoms. The molecule has 0 rings (SSSR count). The zero-order chi connectivity index (χ0) is 10.3. The minimum atomic E-state index is 0.652. The Labute approximate surface area is 82.2 Å². The Balaban J connectivity index is 3.74. The highest BCUT2D eigenvalue weighted by Gasteiger charge is 1.92. The van der Waals surface area contributed by atoms with Gasteiger partial charge in [-0.15, -0.1) is 0 Å². The van der Waals surface area contributed by atoms with Crippen LogP contribution in [0.1, 0.15) is 27.2 Å². The fourth-order valence-electron chi connectivity index (χ4n) is 0.730. The van der Waals surface area contributed by atoms with E-state index in [4.69, 9.17) is 0 Å². The van der Waals surface area contributed by atoms with Crippen LogP contribution in [0.15, 0.2) is 36.6 Å². The molecule has 0 unspecified atom stereocenters. The third-order valence-electron chi connectivity index (χ3n) is 1.71. The van der Waals surface area contributed by atoms with Crippen molar-refractivity contribution in [1.82, 2.24) is 5.32 Å². The van der Waals surface area contributed by atoms with E-state index in [1.54, 1.807) is 0 Å². The molecule has 0 spiro atoms. The van der Waals surface area contributed by atoms with Crippen LogP contribution >= 0.6 is 0 Å².